The van der Waals surface area contributed by atoms with Crippen molar-refractivity contribution in [2.45, 2.75) is 25.2 Å². The van der Waals surface area contributed by atoms with Gasteiger partial charge in [-0.25, -0.2) is 0 Å². The minimum Gasteiger partial charge on any atom is -0.330 e. The lowest BCUT2D eigenvalue weighted by atomic mass is 9.93. The molecule has 104 valence electrons. The number of halogens is 2. The van der Waals surface area contributed by atoms with Crippen molar-refractivity contribution in [1.82, 2.24) is 9.88 Å². The van der Waals surface area contributed by atoms with Crippen molar-refractivity contribution < 1.29 is 0 Å². The average Bonchev–Trinajstić information content (AvgIpc) is 2.38. The summed E-state index contributed by atoms with van der Waals surface area (Å²) in [5.74, 6) is 0.662. The molecule has 1 aromatic heterocycles. The fourth-order valence-electron chi connectivity index (χ4n) is 2.38. The second kappa shape index (κ2) is 9.56. The van der Waals surface area contributed by atoms with Crippen LogP contribution < -0.4 is 5.73 Å². The maximum absolute atomic E-state index is 5.53. The molecule has 2 rings (SSSR count). The van der Waals surface area contributed by atoms with Crippen LogP contribution in [-0.4, -0.2) is 36.1 Å². The summed E-state index contributed by atoms with van der Waals surface area (Å²) in [6.07, 6.45) is 5.49. The van der Waals surface area contributed by atoms with Gasteiger partial charge in [0, 0.05) is 17.8 Å². The Balaban J connectivity index is 0.00000144. The molecule has 2 heterocycles. The van der Waals surface area contributed by atoms with Gasteiger partial charge in [-0.05, 0) is 57.6 Å². The summed E-state index contributed by atoms with van der Waals surface area (Å²) in [4.78, 5) is 6.97. The number of pyridine rings is 1. The normalized spacial score (nSPS) is 16.7. The van der Waals surface area contributed by atoms with Crippen molar-refractivity contribution in [2.75, 3.05) is 26.2 Å². The lowest BCUT2D eigenvalue weighted by molar-refractivity contribution is 0.210. The second-order valence-corrected chi connectivity index (χ2v) is 4.51. The van der Waals surface area contributed by atoms with Gasteiger partial charge in [0.05, 0.1) is 0 Å². The number of piperidine rings is 1. The third-order valence-corrected chi connectivity index (χ3v) is 3.37. The summed E-state index contributed by atoms with van der Waals surface area (Å²) in [6.45, 7) is 4.36. The van der Waals surface area contributed by atoms with Crippen LogP contribution in [0.3, 0.4) is 0 Å². The first-order valence-electron chi connectivity index (χ1n) is 6.23. The minimum absolute atomic E-state index is 0. The number of aromatic nitrogens is 1. The number of nitrogens with two attached hydrogens (primary N) is 1. The summed E-state index contributed by atoms with van der Waals surface area (Å²) in [6, 6.07) is 6.23. The van der Waals surface area contributed by atoms with Crippen LogP contribution in [0, 0.1) is 0 Å². The van der Waals surface area contributed by atoms with E-state index in [2.05, 4.69) is 22.0 Å². The third kappa shape index (κ3) is 5.11. The zero-order chi connectivity index (χ0) is 11.2. The molecule has 0 bridgehead atoms. The quantitative estimate of drug-likeness (QED) is 0.927. The first kappa shape index (κ1) is 17.6. The second-order valence-electron chi connectivity index (χ2n) is 4.51. The van der Waals surface area contributed by atoms with E-state index in [9.17, 15) is 0 Å². The first-order valence-corrected chi connectivity index (χ1v) is 6.23. The van der Waals surface area contributed by atoms with Crippen molar-refractivity contribution in [3.8, 4) is 0 Å². The largest absolute Gasteiger partial charge is 0.330 e. The average molecular weight is 292 g/mol. The van der Waals surface area contributed by atoms with E-state index >= 15 is 0 Å². The summed E-state index contributed by atoms with van der Waals surface area (Å²) in [7, 11) is 0. The lowest BCUT2D eigenvalue weighted by Crippen LogP contribution is -2.34. The molecular formula is C13H23Cl2N3. The van der Waals surface area contributed by atoms with Gasteiger partial charge in [-0.3, -0.25) is 4.98 Å². The fourth-order valence-corrected chi connectivity index (χ4v) is 2.38. The highest BCUT2D eigenvalue weighted by molar-refractivity contribution is 5.85. The first-order chi connectivity index (χ1) is 7.90. The van der Waals surface area contributed by atoms with Gasteiger partial charge in [-0.2, -0.15) is 0 Å². The molecule has 1 saturated heterocycles. The molecule has 0 spiro atoms. The monoisotopic (exact) mass is 291 g/mol. The van der Waals surface area contributed by atoms with Crippen LogP contribution in [0.25, 0.3) is 0 Å². The Morgan fingerprint density at radius 3 is 2.50 bits per heavy atom. The number of nitrogens with zero attached hydrogens (tertiary/aromatic N) is 2. The SMILES string of the molecule is Cl.Cl.NCCCN1CCC(c2ccccn2)CC1. The van der Waals surface area contributed by atoms with Gasteiger partial charge in [0.1, 0.15) is 0 Å². The predicted octanol–water partition coefficient (Wildman–Crippen LogP) is 2.45. The number of rotatable bonds is 4. The van der Waals surface area contributed by atoms with E-state index < -0.39 is 0 Å². The molecule has 0 unspecified atom stereocenters. The molecule has 0 aliphatic carbocycles. The zero-order valence-corrected chi connectivity index (χ0v) is 12.3. The van der Waals surface area contributed by atoms with Crippen molar-refractivity contribution in [2.24, 2.45) is 5.73 Å². The van der Waals surface area contributed by atoms with Gasteiger partial charge in [-0.1, -0.05) is 6.07 Å². The third-order valence-electron chi connectivity index (χ3n) is 3.37. The van der Waals surface area contributed by atoms with E-state index in [1.165, 1.54) is 31.6 Å². The molecule has 0 radical (unpaired) electrons. The van der Waals surface area contributed by atoms with Gasteiger partial charge in [-0.15, -0.1) is 24.8 Å². The highest BCUT2D eigenvalue weighted by atomic mass is 35.5. The van der Waals surface area contributed by atoms with Crippen molar-refractivity contribution in [3.63, 3.8) is 0 Å². The Labute approximate surface area is 122 Å². The van der Waals surface area contributed by atoms with Gasteiger partial charge in [0.25, 0.3) is 0 Å². The van der Waals surface area contributed by atoms with Crippen LogP contribution in [0.15, 0.2) is 24.4 Å². The van der Waals surface area contributed by atoms with Crippen LogP contribution in [0.2, 0.25) is 0 Å². The summed E-state index contributed by atoms with van der Waals surface area (Å²) in [5.41, 5.74) is 6.79. The number of hydrogen-bond donors (Lipinski definition) is 1. The Morgan fingerprint density at radius 1 is 1.22 bits per heavy atom. The highest BCUT2D eigenvalue weighted by Gasteiger charge is 2.20. The van der Waals surface area contributed by atoms with Crippen LogP contribution in [0.4, 0.5) is 0 Å². The Bertz CT molecular complexity index is 300. The van der Waals surface area contributed by atoms with Crippen LogP contribution in [0.1, 0.15) is 30.9 Å². The number of likely N-dealkylation sites (tertiary alicyclic amines) is 1. The number of hydrogen-bond acceptors (Lipinski definition) is 3. The Morgan fingerprint density at radius 2 is 1.94 bits per heavy atom. The van der Waals surface area contributed by atoms with E-state index in [0.29, 0.717) is 5.92 Å². The molecule has 1 aliphatic heterocycles. The van der Waals surface area contributed by atoms with Gasteiger partial charge >= 0.3 is 0 Å². The van der Waals surface area contributed by atoms with E-state index in [0.717, 1.165) is 19.5 Å². The van der Waals surface area contributed by atoms with Gasteiger partial charge in [0.15, 0.2) is 0 Å². The molecule has 2 N–H and O–H groups in total. The molecule has 0 saturated carbocycles. The van der Waals surface area contributed by atoms with Crippen LogP contribution in [0.5, 0.6) is 0 Å². The molecule has 0 atom stereocenters. The maximum atomic E-state index is 5.53. The standard InChI is InChI=1S/C13H21N3.2ClH/c14-7-3-9-16-10-5-12(6-11-16)13-4-1-2-8-15-13;;/h1-2,4,8,12H,3,5-7,9-11,14H2;2*1H. The lowest BCUT2D eigenvalue weighted by Gasteiger charge is -2.31. The molecule has 5 heteroatoms. The predicted molar refractivity (Wildman–Crippen MR) is 80.8 cm³/mol. The molecular weight excluding hydrogens is 269 g/mol. The van der Waals surface area contributed by atoms with Crippen molar-refractivity contribution >= 4 is 24.8 Å². The molecule has 0 amide bonds. The molecule has 1 aromatic rings. The maximum Gasteiger partial charge on any atom is 0.0435 e. The van der Waals surface area contributed by atoms with Crippen LogP contribution >= 0.6 is 24.8 Å². The van der Waals surface area contributed by atoms with E-state index in [1.54, 1.807) is 0 Å². The smallest absolute Gasteiger partial charge is 0.0435 e. The summed E-state index contributed by atoms with van der Waals surface area (Å²) >= 11 is 0. The highest BCUT2D eigenvalue weighted by Crippen LogP contribution is 2.26. The molecule has 18 heavy (non-hydrogen) atoms. The minimum atomic E-state index is 0. The summed E-state index contributed by atoms with van der Waals surface area (Å²) < 4.78 is 0. The molecule has 1 fully saturated rings. The van der Waals surface area contributed by atoms with Crippen molar-refractivity contribution in [3.05, 3.63) is 30.1 Å². The summed E-state index contributed by atoms with van der Waals surface area (Å²) in [5, 5.41) is 0. The zero-order valence-electron chi connectivity index (χ0n) is 10.6. The molecule has 1 aliphatic rings. The van der Waals surface area contributed by atoms with E-state index in [4.69, 9.17) is 5.73 Å². The Hall–Kier alpha value is -0.350. The molecule has 0 aromatic carbocycles. The Kier molecular flexibility index (Phi) is 9.38. The van der Waals surface area contributed by atoms with Crippen molar-refractivity contribution in [1.29, 1.82) is 0 Å². The van der Waals surface area contributed by atoms with E-state index in [1.807, 2.05) is 12.3 Å². The molecule has 3 nitrogen and oxygen atoms in total. The van der Waals surface area contributed by atoms with Gasteiger partial charge in [0.2, 0.25) is 0 Å². The topological polar surface area (TPSA) is 42.1 Å². The van der Waals surface area contributed by atoms with Crippen LogP contribution in [-0.2, 0) is 0 Å². The van der Waals surface area contributed by atoms with Gasteiger partial charge < -0.3 is 10.6 Å². The fraction of sp³-hybridized carbons (Fsp3) is 0.615. The van der Waals surface area contributed by atoms with E-state index in [-0.39, 0.29) is 24.8 Å².